The van der Waals surface area contributed by atoms with Crippen LogP contribution in [0.25, 0.3) is 10.8 Å². The quantitative estimate of drug-likeness (QED) is 0.774. The van der Waals surface area contributed by atoms with Crippen molar-refractivity contribution in [3.8, 4) is 0 Å². The highest BCUT2D eigenvalue weighted by atomic mass is 16.2. The van der Waals surface area contributed by atoms with E-state index < -0.39 is 0 Å². The van der Waals surface area contributed by atoms with Crippen molar-refractivity contribution >= 4 is 16.7 Å². The fraction of sp³-hybridized carbons (Fsp3) is 0.333. The van der Waals surface area contributed by atoms with E-state index in [-0.39, 0.29) is 24.1 Å². The molecule has 1 N–H and O–H groups in total. The molecule has 0 bridgehead atoms. The van der Waals surface area contributed by atoms with Gasteiger partial charge in [-0.3, -0.25) is 9.59 Å². The lowest BCUT2D eigenvalue weighted by atomic mass is 10.1. The van der Waals surface area contributed by atoms with E-state index in [0.29, 0.717) is 11.9 Å². The number of fused-ring (bicyclic) bond motifs is 2. The molecule has 1 aromatic carbocycles. The molecule has 2 aromatic heterocycles. The Morgan fingerprint density at radius 3 is 2.96 bits per heavy atom. The number of carbonyl (C=O) groups excluding carboxylic acids is 1. The monoisotopic (exact) mass is 337 g/mol. The van der Waals surface area contributed by atoms with Crippen molar-refractivity contribution in [2.24, 2.45) is 0 Å². The Bertz CT molecular complexity index is 1000. The molecule has 25 heavy (non-hydrogen) atoms. The van der Waals surface area contributed by atoms with Crippen molar-refractivity contribution in [3.63, 3.8) is 0 Å². The lowest BCUT2D eigenvalue weighted by Crippen LogP contribution is -2.43. The third-order valence-electron chi connectivity index (χ3n) is 4.65. The number of aryl methyl sites for hydroxylation is 2. The van der Waals surface area contributed by atoms with Gasteiger partial charge in [-0.15, -0.1) is 0 Å². The van der Waals surface area contributed by atoms with Crippen LogP contribution in [0.1, 0.15) is 17.9 Å². The first-order valence-electron chi connectivity index (χ1n) is 8.37. The number of aromatic nitrogens is 4. The molecule has 7 nitrogen and oxygen atoms in total. The number of rotatable bonds is 3. The van der Waals surface area contributed by atoms with E-state index in [2.05, 4.69) is 20.0 Å². The van der Waals surface area contributed by atoms with Gasteiger partial charge in [-0.2, -0.15) is 5.10 Å². The van der Waals surface area contributed by atoms with Gasteiger partial charge in [0.25, 0.3) is 5.56 Å². The van der Waals surface area contributed by atoms with Crippen LogP contribution in [-0.4, -0.2) is 31.3 Å². The normalized spacial score (nSPS) is 16.6. The Labute approximate surface area is 144 Å². The number of carbonyl (C=O) groups is 1. The minimum absolute atomic E-state index is 0.0476. The highest BCUT2D eigenvalue weighted by molar-refractivity contribution is 5.83. The molecular formula is C18H19N5O2. The molecule has 1 aliphatic heterocycles. The fourth-order valence-electron chi connectivity index (χ4n) is 3.41. The maximum Gasteiger partial charge on any atom is 0.275 e. The van der Waals surface area contributed by atoms with Crippen LogP contribution in [0.5, 0.6) is 0 Å². The fourth-order valence-corrected chi connectivity index (χ4v) is 3.41. The van der Waals surface area contributed by atoms with Crippen LogP contribution in [0.4, 0.5) is 0 Å². The molecule has 3 aromatic rings. The summed E-state index contributed by atoms with van der Waals surface area (Å²) in [6, 6.07) is 7.38. The molecule has 4 rings (SSSR count). The van der Waals surface area contributed by atoms with Gasteiger partial charge in [-0.05, 0) is 19.4 Å². The van der Waals surface area contributed by atoms with E-state index in [0.717, 1.165) is 29.7 Å². The number of imidazole rings is 1. The summed E-state index contributed by atoms with van der Waals surface area (Å²) in [5.74, 6) is 0.853. The zero-order valence-corrected chi connectivity index (χ0v) is 14.0. The largest absolute Gasteiger partial charge is 0.350 e. The Morgan fingerprint density at radius 2 is 2.12 bits per heavy atom. The summed E-state index contributed by atoms with van der Waals surface area (Å²) >= 11 is 0. The van der Waals surface area contributed by atoms with Crippen molar-refractivity contribution in [2.45, 2.75) is 38.9 Å². The Kier molecular flexibility index (Phi) is 3.83. The van der Waals surface area contributed by atoms with Crippen LogP contribution in [0.15, 0.2) is 41.5 Å². The highest BCUT2D eigenvalue weighted by Crippen LogP contribution is 2.13. The molecule has 128 valence electrons. The first kappa shape index (κ1) is 15.6. The van der Waals surface area contributed by atoms with Crippen LogP contribution < -0.4 is 10.9 Å². The van der Waals surface area contributed by atoms with E-state index in [1.54, 1.807) is 12.3 Å². The van der Waals surface area contributed by atoms with Gasteiger partial charge < -0.3 is 9.88 Å². The molecule has 0 saturated carbocycles. The number of nitrogens with zero attached hydrogens (tertiary/aromatic N) is 4. The molecule has 0 saturated heterocycles. The number of hydrogen-bond acceptors (Lipinski definition) is 4. The van der Waals surface area contributed by atoms with Crippen LogP contribution in [0, 0.1) is 6.92 Å². The van der Waals surface area contributed by atoms with Gasteiger partial charge in [-0.1, -0.05) is 18.2 Å². The summed E-state index contributed by atoms with van der Waals surface area (Å²) < 4.78 is 3.30. The van der Waals surface area contributed by atoms with E-state index in [1.807, 2.05) is 31.3 Å². The highest BCUT2D eigenvalue weighted by Gasteiger charge is 2.21. The summed E-state index contributed by atoms with van der Waals surface area (Å²) in [7, 11) is 0. The van der Waals surface area contributed by atoms with E-state index >= 15 is 0 Å². The van der Waals surface area contributed by atoms with E-state index in [1.165, 1.54) is 4.68 Å². The van der Waals surface area contributed by atoms with Gasteiger partial charge in [0.15, 0.2) is 0 Å². The van der Waals surface area contributed by atoms with Gasteiger partial charge in [0.05, 0.1) is 11.1 Å². The molecule has 1 aliphatic rings. The van der Waals surface area contributed by atoms with Crippen molar-refractivity contribution in [1.82, 2.24) is 24.6 Å². The standard InChI is InChI=1S/C18H19N5O2/c1-12-14-4-2-3-5-15(14)18(25)23(21-12)11-17(24)20-13-6-7-16-19-8-9-22(16)10-13/h2-5,8-9,13H,6-7,10-11H2,1H3,(H,20,24)/t13-/m1/s1. The molecule has 1 atom stereocenters. The van der Waals surface area contributed by atoms with Gasteiger partial charge in [-0.25, -0.2) is 9.67 Å². The van der Waals surface area contributed by atoms with Crippen LogP contribution in [0.3, 0.4) is 0 Å². The number of amides is 1. The number of benzene rings is 1. The molecule has 7 heteroatoms. The molecule has 0 unspecified atom stereocenters. The summed E-state index contributed by atoms with van der Waals surface area (Å²) in [6.45, 7) is 2.48. The van der Waals surface area contributed by atoms with Gasteiger partial charge in [0.1, 0.15) is 12.4 Å². The smallest absolute Gasteiger partial charge is 0.275 e. The molecule has 1 amide bonds. The lowest BCUT2D eigenvalue weighted by Gasteiger charge is -2.24. The summed E-state index contributed by atoms with van der Waals surface area (Å²) in [6.07, 6.45) is 5.39. The predicted molar refractivity (Wildman–Crippen MR) is 93.2 cm³/mol. The SMILES string of the molecule is Cc1nn(CC(=O)N[C@@H]2CCc3nccn3C2)c(=O)c2ccccc12. The second-order valence-electron chi connectivity index (χ2n) is 6.39. The maximum absolute atomic E-state index is 12.5. The van der Waals surface area contributed by atoms with Crippen molar-refractivity contribution < 1.29 is 4.79 Å². The van der Waals surface area contributed by atoms with Crippen LogP contribution in [-0.2, 0) is 24.3 Å². The maximum atomic E-state index is 12.5. The zero-order chi connectivity index (χ0) is 17.4. The third-order valence-corrected chi connectivity index (χ3v) is 4.65. The summed E-state index contributed by atoms with van der Waals surface area (Å²) in [5.41, 5.74) is 0.501. The first-order valence-corrected chi connectivity index (χ1v) is 8.37. The Balaban J connectivity index is 1.51. The van der Waals surface area contributed by atoms with E-state index in [4.69, 9.17) is 0 Å². The average Bonchev–Trinajstić information content (AvgIpc) is 3.07. The number of nitrogens with one attached hydrogen (secondary N) is 1. The molecule has 0 fully saturated rings. The molecule has 0 spiro atoms. The minimum atomic E-state index is -0.239. The Hall–Kier alpha value is -2.96. The summed E-state index contributed by atoms with van der Waals surface area (Å²) in [5, 5.41) is 8.71. The lowest BCUT2D eigenvalue weighted by molar-refractivity contribution is -0.122. The van der Waals surface area contributed by atoms with Crippen molar-refractivity contribution in [1.29, 1.82) is 0 Å². The number of hydrogen-bond donors (Lipinski definition) is 1. The molecule has 0 radical (unpaired) electrons. The second kappa shape index (κ2) is 6.16. The topological polar surface area (TPSA) is 81.8 Å². The van der Waals surface area contributed by atoms with Gasteiger partial charge >= 0.3 is 0 Å². The predicted octanol–water partition coefficient (Wildman–Crippen LogP) is 1.03. The summed E-state index contributed by atoms with van der Waals surface area (Å²) in [4.78, 5) is 29.2. The molecule has 3 heterocycles. The third kappa shape index (κ3) is 2.93. The van der Waals surface area contributed by atoms with Gasteiger partial charge in [0.2, 0.25) is 5.91 Å². The Morgan fingerprint density at radius 1 is 1.32 bits per heavy atom. The van der Waals surface area contributed by atoms with Crippen molar-refractivity contribution in [3.05, 3.63) is 58.5 Å². The first-order chi connectivity index (χ1) is 12.1. The zero-order valence-electron chi connectivity index (χ0n) is 14.0. The van der Waals surface area contributed by atoms with E-state index in [9.17, 15) is 9.59 Å². The van der Waals surface area contributed by atoms with Crippen LogP contribution >= 0.6 is 0 Å². The molecule has 0 aliphatic carbocycles. The minimum Gasteiger partial charge on any atom is -0.350 e. The van der Waals surface area contributed by atoms with Crippen molar-refractivity contribution in [2.75, 3.05) is 0 Å². The molecular weight excluding hydrogens is 318 g/mol. The second-order valence-corrected chi connectivity index (χ2v) is 6.39. The average molecular weight is 337 g/mol. The van der Waals surface area contributed by atoms with Gasteiger partial charge in [0, 0.05) is 36.8 Å². The van der Waals surface area contributed by atoms with Crippen LogP contribution in [0.2, 0.25) is 0 Å².